The number of aryl methyl sites for hydroxylation is 2. The van der Waals surface area contributed by atoms with Crippen LogP contribution in [0.1, 0.15) is 53.6 Å². The van der Waals surface area contributed by atoms with E-state index in [0.29, 0.717) is 22.9 Å². The summed E-state index contributed by atoms with van der Waals surface area (Å²) in [6.07, 6.45) is 1.94. The van der Waals surface area contributed by atoms with Crippen molar-refractivity contribution in [3.05, 3.63) is 148 Å². The monoisotopic (exact) mass is 524 g/mol. The summed E-state index contributed by atoms with van der Waals surface area (Å²) in [5.41, 5.74) is 8.54. The van der Waals surface area contributed by atoms with Crippen LogP contribution < -0.4 is 9.80 Å². The molecule has 6 rings (SSSR count). The number of carbonyl (C=O) groups excluding carboxylic acids is 2. The first-order valence-electron chi connectivity index (χ1n) is 13.8. The van der Waals surface area contributed by atoms with Crippen LogP contribution in [0.15, 0.2) is 120 Å². The number of hydrogen-bond donors (Lipinski definition) is 0. The molecule has 4 aromatic rings. The lowest BCUT2D eigenvalue weighted by atomic mass is 9.92. The third-order valence-electron chi connectivity index (χ3n) is 7.79. The van der Waals surface area contributed by atoms with Crippen LogP contribution in [0.25, 0.3) is 6.08 Å². The number of nitrogens with zero attached hydrogens (tertiary/aromatic N) is 2. The van der Waals surface area contributed by atoms with E-state index in [2.05, 4.69) is 38.1 Å². The fourth-order valence-corrected chi connectivity index (χ4v) is 5.58. The second kappa shape index (κ2) is 10.1. The summed E-state index contributed by atoms with van der Waals surface area (Å²) in [5, 5.41) is 0. The van der Waals surface area contributed by atoms with Gasteiger partial charge in [0.1, 0.15) is 5.70 Å². The number of rotatable bonds is 5. The van der Waals surface area contributed by atoms with Crippen molar-refractivity contribution < 1.29 is 9.59 Å². The third kappa shape index (κ3) is 4.36. The molecule has 0 saturated heterocycles. The van der Waals surface area contributed by atoms with Gasteiger partial charge < -0.3 is 0 Å². The summed E-state index contributed by atoms with van der Waals surface area (Å²) in [4.78, 5) is 32.1. The Morgan fingerprint density at radius 3 is 1.82 bits per heavy atom. The van der Waals surface area contributed by atoms with Gasteiger partial charge in [-0.05, 0) is 66.8 Å². The molecule has 40 heavy (non-hydrogen) atoms. The molecule has 0 aliphatic carbocycles. The van der Waals surface area contributed by atoms with E-state index in [1.807, 2.05) is 104 Å². The fourth-order valence-electron chi connectivity index (χ4n) is 5.58. The number of hydrogen-bond acceptors (Lipinski definition) is 2. The zero-order valence-corrected chi connectivity index (χ0v) is 23.3. The molecule has 4 nitrogen and oxygen atoms in total. The van der Waals surface area contributed by atoms with E-state index in [-0.39, 0.29) is 11.8 Å². The Morgan fingerprint density at radius 1 is 0.675 bits per heavy atom. The average molecular weight is 525 g/mol. The minimum absolute atomic E-state index is 0.180. The van der Waals surface area contributed by atoms with Gasteiger partial charge in [0.2, 0.25) is 0 Å². The lowest BCUT2D eigenvalue weighted by molar-refractivity contribution is -0.118. The van der Waals surface area contributed by atoms with Crippen LogP contribution in [0.3, 0.4) is 0 Å². The van der Waals surface area contributed by atoms with E-state index < -0.39 is 6.04 Å². The molecule has 0 aromatic heterocycles. The summed E-state index contributed by atoms with van der Waals surface area (Å²) >= 11 is 0. The van der Waals surface area contributed by atoms with Gasteiger partial charge in [-0.25, -0.2) is 0 Å². The summed E-state index contributed by atoms with van der Waals surface area (Å²) < 4.78 is 0. The standard InChI is InChI=1S/C36H32N2O2/c1-23(2)27-16-14-26(15-17-27)22-31-32-33(28-8-6-5-7-9-28)37(29-18-10-24(3)11-19-29)36(40)34(32)38(35(31)39)30-20-12-25(4)13-21-30/h5-23,33H,1-4H3/b31-22+/t33-/m1/s1. The molecule has 0 unspecified atom stereocenters. The van der Waals surface area contributed by atoms with Crippen LogP contribution in [0.4, 0.5) is 11.4 Å². The Hall–Kier alpha value is -4.70. The van der Waals surface area contributed by atoms with Gasteiger partial charge in [0.05, 0.1) is 6.04 Å². The Kier molecular flexibility index (Phi) is 6.47. The van der Waals surface area contributed by atoms with Crippen molar-refractivity contribution in [2.45, 2.75) is 39.7 Å². The van der Waals surface area contributed by atoms with Gasteiger partial charge in [0.25, 0.3) is 11.8 Å². The van der Waals surface area contributed by atoms with Crippen LogP contribution in [0, 0.1) is 13.8 Å². The highest BCUT2D eigenvalue weighted by Crippen LogP contribution is 2.50. The average Bonchev–Trinajstić information content (AvgIpc) is 3.41. The summed E-state index contributed by atoms with van der Waals surface area (Å²) in [7, 11) is 0. The molecule has 4 aromatic carbocycles. The molecular weight excluding hydrogens is 492 g/mol. The first kappa shape index (κ1) is 25.6. The maximum absolute atomic E-state index is 14.4. The number of anilines is 2. The number of benzene rings is 4. The molecule has 2 aliphatic rings. The Labute approximate surface area is 235 Å². The lowest BCUT2D eigenvalue weighted by Crippen LogP contribution is -2.38. The molecule has 2 heterocycles. The molecule has 2 aliphatic heterocycles. The quantitative estimate of drug-likeness (QED) is 0.249. The van der Waals surface area contributed by atoms with Crippen LogP contribution in [0.5, 0.6) is 0 Å². The molecule has 1 atom stereocenters. The predicted molar refractivity (Wildman–Crippen MR) is 162 cm³/mol. The molecule has 0 bridgehead atoms. The van der Waals surface area contributed by atoms with Gasteiger partial charge in [-0.3, -0.25) is 19.4 Å². The minimum Gasteiger partial charge on any atom is -0.295 e. The zero-order valence-electron chi connectivity index (χ0n) is 23.3. The van der Waals surface area contributed by atoms with Gasteiger partial charge in [-0.1, -0.05) is 104 Å². The van der Waals surface area contributed by atoms with E-state index in [9.17, 15) is 9.59 Å². The molecule has 198 valence electrons. The molecule has 4 heteroatoms. The highest BCUT2D eigenvalue weighted by atomic mass is 16.2. The maximum Gasteiger partial charge on any atom is 0.276 e. The summed E-state index contributed by atoms with van der Waals surface area (Å²) in [6, 6.07) is 33.7. The molecule has 0 radical (unpaired) electrons. The van der Waals surface area contributed by atoms with Crippen LogP contribution in [-0.4, -0.2) is 11.8 Å². The number of amides is 2. The van der Waals surface area contributed by atoms with Crippen molar-refractivity contribution in [2.75, 3.05) is 9.80 Å². The topological polar surface area (TPSA) is 40.6 Å². The van der Waals surface area contributed by atoms with Crippen LogP contribution >= 0.6 is 0 Å². The Balaban J connectivity index is 1.58. The van der Waals surface area contributed by atoms with Crippen LogP contribution in [0.2, 0.25) is 0 Å². The van der Waals surface area contributed by atoms with Crippen LogP contribution in [-0.2, 0) is 9.59 Å². The smallest absolute Gasteiger partial charge is 0.276 e. The molecule has 0 saturated carbocycles. The highest BCUT2D eigenvalue weighted by molar-refractivity contribution is 6.29. The molecule has 0 spiro atoms. The first-order chi connectivity index (χ1) is 19.3. The van der Waals surface area contributed by atoms with Gasteiger partial charge in [-0.2, -0.15) is 0 Å². The highest BCUT2D eigenvalue weighted by Gasteiger charge is 2.52. The third-order valence-corrected chi connectivity index (χ3v) is 7.79. The second-order valence-corrected chi connectivity index (χ2v) is 10.9. The van der Waals surface area contributed by atoms with Crippen molar-refractivity contribution in [1.82, 2.24) is 0 Å². The number of carbonyl (C=O) groups is 2. The molecule has 2 amide bonds. The van der Waals surface area contributed by atoms with Crippen molar-refractivity contribution in [3.8, 4) is 0 Å². The van der Waals surface area contributed by atoms with E-state index in [1.165, 1.54) is 5.56 Å². The summed E-state index contributed by atoms with van der Waals surface area (Å²) in [6.45, 7) is 8.38. The van der Waals surface area contributed by atoms with Gasteiger partial charge in [0.15, 0.2) is 0 Å². The normalized spacial score (nSPS) is 17.9. The van der Waals surface area contributed by atoms with Gasteiger partial charge in [-0.15, -0.1) is 0 Å². The first-order valence-corrected chi connectivity index (χ1v) is 13.8. The Bertz CT molecular complexity index is 1650. The maximum atomic E-state index is 14.4. The van der Waals surface area contributed by atoms with Crippen molar-refractivity contribution >= 4 is 29.3 Å². The lowest BCUT2D eigenvalue weighted by Gasteiger charge is -2.30. The van der Waals surface area contributed by atoms with Crippen molar-refractivity contribution in [1.29, 1.82) is 0 Å². The largest absolute Gasteiger partial charge is 0.295 e. The zero-order chi connectivity index (χ0) is 28.0. The van der Waals surface area contributed by atoms with E-state index >= 15 is 0 Å². The minimum atomic E-state index is -0.438. The molecule has 0 fully saturated rings. The second-order valence-electron chi connectivity index (χ2n) is 10.9. The van der Waals surface area contributed by atoms with Crippen molar-refractivity contribution in [2.24, 2.45) is 0 Å². The molecule has 0 N–H and O–H groups in total. The molecular formula is C36H32N2O2. The summed E-state index contributed by atoms with van der Waals surface area (Å²) in [5.74, 6) is 0.0546. The van der Waals surface area contributed by atoms with E-state index in [0.717, 1.165) is 33.5 Å². The SMILES string of the molecule is Cc1ccc(N2C(=O)/C(=C/c3ccc(C(C)C)cc3)C3=C2C(=O)N(c2ccc(C)cc2)[C@@H]3c2ccccc2)cc1. The Morgan fingerprint density at radius 2 is 1.25 bits per heavy atom. The van der Waals surface area contributed by atoms with E-state index in [1.54, 1.807) is 4.90 Å². The van der Waals surface area contributed by atoms with E-state index in [4.69, 9.17) is 0 Å². The fraction of sp³-hybridized carbons (Fsp3) is 0.167. The van der Waals surface area contributed by atoms with Crippen molar-refractivity contribution in [3.63, 3.8) is 0 Å². The van der Waals surface area contributed by atoms with Gasteiger partial charge >= 0.3 is 0 Å². The predicted octanol–water partition coefficient (Wildman–Crippen LogP) is 7.90. The van der Waals surface area contributed by atoms with Gasteiger partial charge in [0, 0.05) is 22.5 Å².